The summed E-state index contributed by atoms with van der Waals surface area (Å²) in [5.41, 5.74) is 7.34. The van der Waals surface area contributed by atoms with Gasteiger partial charge < -0.3 is 5.32 Å². The van der Waals surface area contributed by atoms with Gasteiger partial charge in [0.25, 0.3) is 0 Å². The lowest BCUT2D eigenvalue weighted by Crippen LogP contribution is -2.47. The molecule has 0 spiro atoms. The fourth-order valence-electron chi connectivity index (χ4n) is 2.62. The Balaban J connectivity index is 1.73. The van der Waals surface area contributed by atoms with Gasteiger partial charge in [-0.15, -0.1) is 10.2 Å². The standard InChI is InChI=1S/C20H22N6OS2/c1-2-21-19(28)24-23-18(27)14-29-20-25-22-17(13-15-9-5-3-6-10-15)26(20)16-11-7-4-8-12-16/h3-12H,2,13-14H2,1H3,(H,23,27)(H2,21,24,28). The van der Waals surface area contributed by atoms with Gasteiger partial charge in [0.15, 0.2) is 10.3 Å². The maximum Gasteiger partial charge on any atom is 0.248 e. The summed E-state index contributed by atoms with van der Waals surface area (Å²) in [5, 5.41) is 12.6. The number of hydrazine groups is 1. The quantitative estimate of drug-likeness (QED) is 0.304. The van der Waals surface area contributed by atoms with Crippen molar-refractivity contribution in [1.82, 2.24) is 30.9 Å². The number of amides is 1. The number of rotatable bonds is 7. The Bertz CT molecular complexity index is 946. The Kier molecular flexibility index (Phi) is 7.60. The zero-order valence-electron chi connectivity index (χ0n) is 16.0. The smallest absolute Gasteiger partial charge is 0.248 e. The molecule has 0 atom stereocenters. The molecule has 0 radical (unpaired) electrons. The molecule has 0 aliphatic rings. The van der Waals surface area contributed by atoms with E-state index in [1.807, 2.05) is 60.0 Å². The predicted octanol–water partition coefficient (Wildman–Crippen LogP) is 2.47. The average molecular weight is 427 g/mol. The van der Waals surface area contributed by atoms with E-state index < -0.39 is 0 Å². The third-order valence-corrected chi connectivity index (χ3v) is 5.08. The average Bonchev–Trinajstić information content (AvgIpc) is 3.14. The molecule has 1 amide bonds. The molecule has 3 rings (SSSR count). The fourth-order valence-corrected chi connectivity index (χ4v) is 3.59. The minimum atomic E-state index is -0.206. The number of benzene rings is 2. The van der Waals surface area contributed by atoms with Crippen LogP contribution in [0.25, 0.3) is 5.69 Å². The molecular formula is C20H22N6OS2. The van der Waals surface area contributed by atoms with Crippen LogP contribution >= 0.6 is 24.0 Å². The third kappa shape index (κ3) is 6.03. The second-order valence-electron chi connectivity index (χ2n) is 6.05. The van der Waals surface area contributed by atoms with Crippen molar-refractivity contribution < 1.29 is 4.79 Å². The molecular weight excluding hydrogens is 404 g/mol. The van der Waals surface area contributed by atoms with Gasteiger partial charge in [-0.1, -0.05) is 60.3 Å². The molecule has 9 heteroatoms. The second-order valence-corrected chi connectivity index (χ2v) is 7.40. The zero-order valence-corrected chi connectivity index (χ0v) is 17.6. The number of thiocarbonyl (C=S) groups is 1. The van der Waals surface area contributed by atoms with E-state index in [0.29, 0.717) is 23.2 Å². The number of hydrogen-bond donors (Lipinski definition) is 3. The summed E-state index contributed by atoms with van der Waals surface area (Å²) in [7, 11) is 0. The zero-order chi connectivity index (χ0) is 20.5. The number of carbonyl (C=O) groups excluding carboxylic acids is 1. The third-order valence-electron chi connectivity index (χ3n) is 3.90. The summed E-state index contributed by atoms with van der Waals surface area (Å²) < 4.78 is 1.99. The van der Waals surface area contributed by atoms with Crippen LogP contribution in [-0.4, -0.2) is 38.1 Å². The van der Waals surface area contributed by atoms with Gasteiger partial charge in [0, 0.05) is 18.7 Å². The minimum absolute atomic E-state index is 0.179. The molecule has 1 aromatic heterocycles. The van der Waals surface area contributed by atoms with Crippen LogP contribution in [0.15, 0.2) is 65.8 Å². The molecule has 0 saturated heterocycles. The Labute approximate surface area is 179 Å². The summed E-state index contributed by atoms with van der Waals surface area (Å²) in [6.45, 7) is 2.61. The van der Waals surface area contributed by atoms with E-state index >= 15 is 0 Å². The van der Waals surface area contributed by atoms with Crippen LogP contribution in [0.5, 0.6) is 0 Å². The number of para-hydroxylation sites is 1. The lowest BCUT2D eigenvalue weighted by atomic mass is 10.1. The van der Waals surface area contributed by atoms with Crippen molar-refractivity contribution in [2.75, 3.05) is 12.3 Å². The summed E-state index contributed by atoms with van der Waals surface area (Å²) in [5.74, 6) is 0.789. The molecule has 29 heavy (non-hydrogen) atoms. The van der Waals surface area contributed by atoms with Crippen LogP contribution in [0.2, 0.25) is 0 Å². The molecule has 3 N–H and O–H groups in total. The van der Waals surface area contributed by atoms with E-state index in [1.54, 1.807) is 0 Å². The Hall–Kier alpha value is -2.91. The highest BCUT2D eigenvalue weighted by Crippen LogP contribution is 2.23. The Morgan fingerprint density at radius 3 is 2.41 bits per heavy atom. The number of nitrogens with one attached hydrogen (secondary N) is 3. The minimum Gasteiger partial charge on any atom is -0.362 e. The van der Waals surface area contributed by atoms with Crippen molar-refractivity contribution >= 4 is 35.0 Å². The van der Waals surface area contributed by atoms with Gasteiger partial charge in [0.1, 0.15) is 5.82 Å². The molecule has 0 bridgehead atoms. The number of hydrogen-bond acceptors (Lipinski definition) is 5. The highest BCUT2D eigenvalue weighted by Gasteiger charge is 2.16. The maximum absolute atomic E-state index is 12.1. The molecule has 2 aromatic carbocycles. The van der Waals surface area contributed by atoms with Gasteiger partial charge >= 0.3 is 0 Å². The van der Waals surface area contributed by atoms with Crippen LogP contribution in [0.4, 0.5) is 0 Å². The largest absolute Gasteiger partial charge is 0.362 e. The van der Waals surface area contributed by atoms with Gasteiger partial charge in [0.2, 0.25) is 5.91 Å². The van der Waals surface area contributed by atoms with Gasteiger partial charge in [-0.2, -0.15) is 0 Å². The lowest BCUT2D eigenvalue weighted by Gasteiger charge is -2.11. The van der Waals surface area contributed by atoms with E-state index in [0.717, 1.165) is 17.1 Å². The van der Waals surface area contributed by atoms with Crippen molar-refractivity contribution in [3.63, 3.8) is 0 Å². The first-order chi connectivity index (χ1) is 14.2. The maximum atomic E-state index is 12.1. The van der Waals surface area contributed by atoms with Crippen molar-refractivity contribution in [1.29, 1.82) is 0 Å². The van der Waals surface area contributed by atoms with E-state index in [4.69, 9.17) is 12.2 Å². The monoisotopic (exact) mass is 426 g/mol. The first-order valence-electron chi connectivity index (χ1n) is 9.16. The number of carbonyl (C=O) groups is 1. The summed E-state index contributed by atoms with van der Waals surface area (Å²) in [4.78, 5) is 12.1. The highest BCUT2D eigenvalue weighted by atomic mass is 32.2. The molecule has 3 aromatic rings. The Morgan fingerprint density at radius 1 is 1.03 bits per heavy atom. The van der Waals surface area contributed by atoms with Crippen LogP contribution in [0.3, 0.4) is 0 Å². The Morgan fingerprint density at radius 2 is 1.72 bits per heavy atom. The van der Waals surface area contributed by atoms with E-state index in [9.17, 15) is 4.79 Å². The molecule has 0 unspecified atom stereocenters. The molecule has 0 aliphatic carbocycles. The molecule has 0 aliphatic heterocycles. The molecule has 0 fully saturated rings. The normalized spacial score (nSPS) is 10.4. The van der Waals surface area contributed by atoms with E-state index in [-0.39, 0.29) is 11.7 Å². The topological polar surface area (TPSA) is 83.9 Å². The molecule has 150 valence electrons. The summed E-state index contributed by atoms with van der Waals surface area (Å²) >= 11 is 6.35. The number of thioether (sulfide) groups is 1. The predicted molar refractivity (Wildman–Crippen MR) is 119 cm³/mol. The van der Waals surface area contributed by atoms with Crippen LogP contribution in [-0.2, 0) is 11.2 Å². The summed E-state index contributed by atoms with van der Waals surface area (Å²) in [6, 6.07) is 20.0. The van der Waals surface area contributed by atoms with Gasteiger partial charge in [0.05, 0.1) is 5.75 Å². The first kappa shape index (κ1) is 20.8. The summed E-state index contributed by atoms with van der Waals surface area (Å²) in [6.07, 6.45) is 0.647. The number of nitrogens with zero attached hydrogens (tertiary/aromatic N) is 3. The van der Waals surface area contributed by atoms with Gasteiger partial charge in [-0.3, -0.25) is 20.2 Å². The van der Waals surface area contributed by atoms with Crippen molar-refractivity contribution in [3.05, 3.63) is 72.1 Å². The fraction of sp³-hybridized carbons (Fsp3) is 0.200. The van der Waals surface area contributed by atoms with Gasteiger partial charge in [-0.05, 0) is 36.8 Å². The second kappa shape index (κ2) is 10.6. The van der Waals surface area contributed by atoms with Crippen molar-refractivity contribution in [2.24, 2.45) is 0 Å². The molecule has 0 saturated carbocycles. The highest BCUT2D eigenvalue weighted by molar-refractivity contribution is 7.99. The number of aromatic nitrogens is 3. The van der Waals surface area contributed by atoms with E-state index in [2.05, 4.69) is 38.5 Å². The van der Waals surface area contributed by atoms with Crippen LogP contribution in [0.1, 0.15) is 18.3 Å². The van der Waals surface area contributed by atoms with Crippen LogP contribution in [0, 0.1) is 0 Å². The van der Waals surface area contributed by atoms with Crippen molar-refractivity contribution in [2.45, 2.75) is 18.5 Å². The first-order valence-corrected chi connectivity index (χ1v) is 10.6. The molecule has 1 heterocycles. The molecule has 7 nitrogen and oxygen atoms in total. The lowest BCUT2D eigenvalue weighted by molar-refractivity contribution is -0.119. The van der Waals surface area contributed by atoms with Crippen molar-refractivity contribution in [3.8, 4) is 5.69 Å². The van der Waals surface area contributed by atoms with Gasteiger partial charge in [-0.25, -0.2) is 0 Å². The SMILES string of the molecule is CCNC(=S)NNC(=O)CSc1nnc(Cc2ccccc2)n1-c1ccccc1. The van der Waals surface area contributed by atoms with Crippen LogP contribution < -0.4 is 16.2 Å². The van der Waals surface area contributed by atoms with E-state index in [1.165, 1.54) is 11.8 Å².